The predicted octanol–water partition coefficient (Wildman–Crippen LogP) is 12.9. The van der Waals surface area contributed by atoms with Gasteiger partial charge in [-0.25, -0.2) is 0 Å². The van der Waals surface area contributed by atoms with Crippen LogP contribution in [0.1, 0.15) is 55.5 Å². The van der Waals surface area contributed by atoms with Gasteiger partial charge in [-0.3, -0.25) is 0 Å². The summed E-state index contributed by atoms with van der Waals surface area (Å²) < 4.78 is 0. The standard InChI is InChI=1S/C47H37N/c1-28-16-18-32-34-20-21-35-38-27-43-39(26-37(38)36-22-23-40(45(34)44(35)36)46(2,3)41(32)24-28)33-19-17-31(25-42(33)47(43,4)5)48(29-12-8-6-9-13-29)30-14-10-7-11-15-30/h6-27H,1-5H3. The van der Waals surface area contributed by atoms with Crippen molar-refractivity contribution in [2.24, 2.45) is 0 Å². The average Bonchev–Trinajstić information content (AvgIpc) is 3.53. The van der Waals surface area contributed by atoms with Crippen LogP contribution in [0, 0.1) is 6.92 Å². The number of para-hydroxylation sites is 2. The molecule has 1 nitrogen and oxygen atoms in total. The first kappa shape index (κ1) is 27.7. The third-order valence-electron chi connectivity index (χ3n) is 11.6. The Kier molecular flexibility index (Phi) is 5.40. The summed E-state index contributed by atoms with van der Waals surface area (Å²) in [6, 6.07) is 50.2. The molecule has 3 aliphatic carbocycles. The Morgan fingerprint density at radius 1 is 0.354 bits per heavy atom. The number of nitrogens with zero attached hydrogens (tertiary/aromatic N) is 1. The summed E-state index contributed by atoms with van der Waals surface area (Å²) in [7, 11) is 0. The summed E-state index contributed by atoms with van der Waals surface area (Å²) >= 11 is 0. The van der Waals surface area contributed by atoms with Crippen LogP contribution in [0.5, 0.6) is 0 Å². The van der Waals surface area contributed by atoms with Crippen molar-refractivity contribution in [2.45, 2.75) is 45.4 Å². The van der Waals surface area contributed by atoms with Gasteiger partial charge < -0.3 is 4.90 Å². The van der Waals surface area contributed by atoms with Crippen molar-refractivity contribution in [3.05, 3.63) is 161 Å². The molecule has 0 saturated carbocycles. The van der Waals surface area contributed by atoms with Gasteiger partial charge in [-0.05, 0) is 133 Å². The van der Waals surface area contributed by atoms with Gasteiger partial charge in [0.1, 0.15) is 0 Å². The summed E-state index contributed by atoms with van der Waals surface area (Å²) in [5.74, 6) is 0. The lowest BCUT2D eigenvalue weighted by atomic mass is 9.67. The van der Waals surface area contributed by atoms with Crippen LogP contribution in [-0.4, -0.2) is 0 Å². The lowest BCUT2D eigenvalue weighted by molar-refractivity contribution is 0.644. The van der Waals surface area contributed by atoms with E-state index in [1.165, 1.54) is 88.8 Å². The SMILES string of the molecule is Cc1ccc2c(c1)C(C)(C)c1ccc3c4c(ccc-2c14)-c1cc2c(cc1-3)-c1ccc(N(c3ccccc3)c3ccccc3)cc1C2(C)C. The first-order chi connectivity index (χ1) is 23.2. The van der Waals surface area contributed by atoms with E-state index in [1.54, 1.807) is 0 Å². The van der Waals surface area contributed by atoms with E-state index in [0.29, 0.717) is 0 Å². The molecule has 0 spiro atoms. The van der Waals surface area contributed by atoms with Gasteiger partial charge in [0.2, 0.25) is 0 Å². The van der Waals surface area contributed by atoms with Crippen molar-refractivity contribution < 1.29 is 0 Å². The monoisotopic (exact) mass is 615 g/mol. The molecule has 0 bridgehead atoms. The van der Waals surface area contributed by atoms with Gasteiger partial charge in [-0.1, -0.05) is 118 Å². The Morgan fingerprint density at radius 2 is 0.854 bits per heavy atom. The molecule has 0 aromatic heterocycles. The normalized spacial score (nSPS) is 15.1. The van der Waals surface area contributed by atoms with E-state index in [1.807, 2.05) is 0 Å². The molecule has 230 valence electrons. The molecule has 7 aromatic rings. The minimum absolute atomic E-state index is 0.0614. The van der Waals surface area contributed by atoms with Crippen molar-refractivity contribution in [3.8, 4) is 44.5 Å². The number of aryl methyl sites for hydroxylation is 1. The number of rotatable bonds is 3. The third-order valence-corrected chi connectivity index (χ3v) is 11.6. The van der Waals surface area contributed by atoms with Crippen molar-refractivity contribution >= 4 is 27.8 Å². The van der Waals surface area contributed by atoms with Gasteiger partial charge >= 0.3 is 0 Å². The predicted molar refractivity (Wildman–Crippen MR) is 203 cm³/mol. The van der Waals surface area contributed by atoms with Crippen LogP contribution in [0.25, 0.3) is 55.3 Å². The molecule has 0 unspecified atom stereocenters. The molecule has 0 amide bonds. The van der Waals surface area contributed by atoms with Crippen LogP contribution in [0.2, 0.25) is 0 Å². The van der Waals surface area contributed by atoms with Crippen LogP contribution < -0.4 is 4.90 Å². The molecule has 1 heteroatoms. The summed E-state index contributed by atoms with van der Waals surface area (Å²) in [4.78, 5) is 2.37. The highest BCUT2D eigenvalue weighted by molar-refractivity contribution is 6.21. The summed E-state index contributed by atoms with van der Waals surface area (Å²) in [5.41, 5.74) is 21.2. The number of benzene rings is 7. The number of fused-ring (bicyclic) bond motifs is 8. The highest BCUT2D eigenvalue weighted by Crippen LogP contribution is 2.59. The van der Waals surface area contributed by atoms with Crippen LogP contribution in [0.4, 0.5) is 17.1 Å². The first-order valence-electron chi connectivity index (χ1n) is 17.2. The Labute approximate surface area is 283 Å². The van der Waals surface area contributed by atoms with Crippen molar-refractivity contribution in [1.82, 2.24) is 0 Å². The van der Waals surface area contributed by atoms with Crippen molar-refractivity contribution in [2.75, 3.05) is 4.90 Å². The maximum atomic E-state index is 2.53. The van der Waals surface area contributed by atoms with E-state index in [9.17, 15) is 0 Å². The molecule has 0 fully saturated rings. The van der Waals surface area contributed by atoms with Crippen LogP contribution in [0.15, 0.2) is 133 Å². The molecule has 0 aliphatic heterocycles. The van der Waals surface area contributed by atoms with E-state index in [0.717, 1.165) is 11.4 Å². The minimum Gasteiger partial charge on any atom is -0.310 e. The van der Waals surface area contributed by atoms with E-state index >= 15 is 0 Å². The Morgan fingerprint density at radius 3 is 1.54 bits per heavy atom. The van der Waals surface area contributed by atoms with E-state index in [-0.39, 0.29) is 10.8 Å². The van der Waals surface area contributed by atoms with Crippen LogP contribution >= 0.6 is 0 Å². The van der Waals surface area contributed by atoms with Gasteiger partial charge in [0.15, 0.2) is 0 Å². The summed E-state index contributed by atoms with van der Waals surface area (Å²) in [6.45, 7) is 11.8. The first-order valence-corrected chi connectivity index (χ1v) is 17.2. The van der Waals surface area contributed by atoms with E-state index in [4.69, 9.17) is 0 Å². The highest BCUT2D eigenvalue weighted by atomic mass is 15.1. The highest BCUT2D eigenvalue weighted by Gasteiger charge is 2.40. The zero-order valence-electron chi connectivity index (χ0n) is 28.1. The number of hydrogen-bond donors (Lipinski definition) is 0. The largest absolute Gasteiger partial charge is 0.310 e. The maximum Gasteiger partial charge on any atom is 0.0465 e. The fourth-order valence-electron chi connectivity index (χ4n) is 9.20. The van der Waals surface area contributed by atoms with Gasteiger partial charge in [0.25, 0.3) is 0 Å². The maximum absolute atomic E-state index is 2.53. The third kappa shape index (κ3) is 3.51. The summed E-state index contributed by atoms with van der Waals surface area (Å²) in [5, 5.41) is 2.87. The average molecular weight is 616 g/mol. The van der Waals surface area contributed by atoms with Crippen LogP contribution in [-0.2, 0) is 10.8 Å². The number of anilines is 3. The fourth-order valence-corrected chi connectivity index (χ4v) is 9.20. The van der Waals surface area contributed by atoms with Gasteiger partial charge in [-0.2, -0.15) is 0 Å². The molecule has 7 aromatic carbocycles. The molecule has 10 rings (SSSR count). The topological polar surface area (TPSA) is 3.24 Å². The van der Waals surface area contributed by atoms with E-state index in [2.05, 4.69) is 173 Å². The van der Waals surface area contributed by atoms with Gasteiger partial charge in [0, 0.05) is 27.9 Å². The molecule has 0 radical (unpaired) electrons. The minimum atomic E-state index is -0.141. The second-order valence-corrected chi connectivity index (χ2v) is 15.1. The molecule has 3 aliphatic rings. The molecule has 0 heterocycles. The Bertz CT molecular complexity index is 2460. The quantitative estimate of drug-likeness (QED) is 0.191. The molecular formula is C47H37N. The molecule has 48 heavy (non-hydrogen) atoms. The van der Waals surface area contributed by atoms with E-state index < -0.39 is 0 Å². The second-order valence-electron chi connectivity index (χ2n) is 15.1. The molecule has 0 N–H and O–H groups in total. The lowest BCUT2D eigenvalue weighted by Gasteiger charge is -2.35. The molecule has 0 saturated heterocycles. The zero-order chi connectivity index (χ0) is 32.5. The van der Waals surface area contributed by atoms with Gasteiger partial charge in [0.05, 0.1) is 0 Å². The Balaban J connectivity index is 1.16. The zero-order valence-corrected chi connectivity index (χ0v) is 28.1. The number of hydrogen-bond acceptors (Lipinski definition) is 1. The van der Waals surface area contributed by atoms with Crippen LogP contribution in [0.3, 0.4) is 0 Å². The van der Waals surface area contributed by atoms with Gasteiger partial charge in [-0.15, -0.1) is 0 Å². The van der Waals surface area contributed by atoms with Crippen molar-refractivity contribution in [1.29, 1.82) is 0 Å². The summed E-state index contributed by atoms with van der Waals surface area (Å²) in [6.07, 6.45) is 0. The van der Waals surface area contributed by atoms with Crippen molar-refractivity contribution in [3.63, 3.8) is 0 Å². The second kappa shape index (κ2) is 9.36. The fraction of sp³-hybridized carbons (Fsp3) is 0.149. The Hall–Kier alpha value is -5.40. The lowest BCUT2D eigenvalue weighted by Crippen LogP contribution is -2.23. The molecule has 0 atom stereocenters. The molecular weight excluding hydrogens is 579 g/mol. The smallest absolute Gasteiger partial charge is 0.0465 e.